The van der Waals surface area contributed by atoms with E-state index in [0.29, 0.717) is 28.1 Å². The van der Waals surface area contributed by atoms with Gasteiger partial charge in [0.2, 0.25) is 5.91 Å². The van der Waals surface area contributed by atoms with E-state index in [1.807, 2.05) is 0 Å². The summed E-state index contributed by atoms with van der Waals surface area (Å²) in [6.45, 7) is 0. The van der Waals surface area contributed by atoms with Crippen LogP contribution in [0.3, 0.4) is 0 Å². The highest BCUT2D eigenvalue weighted by molar-refractivity contribution is 5.97. The number of nitrogens with one attached hydrogen (secondary N) is 2. The number of esters is 1. The summed E-state index contributed by atoms with van der Waals surface area (Å²) in [5.74, 6) is -1.23. The Bertz CT molecular complexity index is 1520. The lowest BCUT2D eigenvalue weighted by atomic mass is 9.93. The lowest BCUT2D eigenvalue weighted by molar-refractivity contribution is -0.142. The lowest BCUT2D eigenvalue weighted by Gasteiger charge is -2.20. The molecule has 5 rings (SSSR count). The minimum atomic E-state index is -4.62. The number of para-hydroxylation sites is 2. The molecular formula is C28H22F3N3O4. The Morgan fingerprint density at radius 1 is 1.00 bits per heavy atom. The molecule has 1 saturated heterocycles. The molecule has 1 aromatic heterocycles. The lowest BCUT2D eigenvalue weighted by Crippen LogP contribution is -2.25. The number of amides is 1. The number of nitrogens with zero attached hydrogens (tertiary/aromatic N) is 1. The quantitative estimate of drug-likeness (QED) is 0.292. The third kappa shape index (κ3) is 5.10. The van der Waals surface area contributed by atoms with Crippen LogP contribution in [0.1, 0.15) is 23.8 Å². The van der Waals surface area contributed by atoms with Crippen molar-refractivity contribution < 1.29 is 32.2 Å². The fourth-order valence-corrected chi connectivity index (χ4v) is 4.46. The summed E-state index contributed by atoms with van der Waals surface area (Å²) in [6.07, 6.45) is -5.53. The molecule has 2 N–H and O–H groups in total. The Morgan fingerprint density at radius 2 is 1.74 bits per heavy atom. The minimum absolute atomic E-state index is 0.101. The van der Waals surface area contributed by atoms with Crippen molar-refractivity contribution in [1.82, 2.24) is 4.98 Å². The van der Waals surface area contributed by atoms with Crippen molar-refractivity contribution in [3.05, 3.63) is 90.1 Å². The summed E-state index contributed by atoms with van der Waals surface area (Å²) in [7, 11) is 1.49. The summed E-state index contributed by atoms with van der Waals surface area (Å²) in [5.41, 5.74) is 0.831. The fourth-order valence-electron chi connectivity index (χ4n) is 4.46. The summed E-state index contributed by atoms with van der Waals surface area (Å²) in [4.78, 5) is 29.1. The van der Waals surface area contributed by atoms with Crippen molar-refractivity contribution in [3.63, 3.8) is 0 Å². The van der Waals surface area contributed by atoms with E-state index in [1.54, 1.807) is 66.7 Å². The highest BCUT2D eigenvalue weighted by Gasteiger charge is 2.42. The fraction of sp³-hybridized carbons (Fsp3) is 0.179. The zero-order valence-electron chi connectivity index (χ0n) is 20.1. The number of aromatic nitrogens is 1. The van der Waals surface area contributed by atoms with Crippen LogP contribution in [0, 0.1) is 5.92 Å². The summed E-state index contributed by atoms with van der Waals surface area (Å²) < 4.78 is 51.1. The molecule has 0 bridgehead atoms. The van der Waals surface area contributed by atoms with Gasteiger partial charge in [-0.2, -0.15) is 13.2 Å². The van der Waals surface area contributed by atoms with Crippen molar-refractivity contribution in [1.29, 1.82) is 0 Å². The molecule has 0 saturated carbocycles. The number of hydrogen-bond acceptors (Lipinski definition) is 6. The molecule has 4 aromatic rings. The second-order valence-electron chi connectivity index (χ2n) is 8.73. The normalized spacial score (nSPS) is 17.2. The molecule has 2 heterocycles. The third-order valence-corrected chi connectivity index (χ3v) is 6.21. The maximum absolute atomic E-state index is 13.4. The molecule has 1 amide bonds. The number of carbonyl (C=O) groups is 2. The SMILES string of the molecule is COc1ccccc1[C@@H]1OC(=O)C[C@H]1C(=O)Nc1cccc(Nc2cc(C(F)(F)F)nc3ccccc23)c1. The van der Waals surface area contributed by atoms with E-state index < -0.39 is 35.8 Å². The van der Waals surface area contributed by atoms with Crippen LogP contribution in [0.25, 0.3) is 10.9 Å². The molecular weight excluding hydrogens is 499 g/mol. The van der Waals surface area contributed by atoms with Crippen LogP contribution >= 0.6 is 0 Å². The number of halogens is 3. The molecule has 38 heavy (non-hydrogen) atoms. The smallest absolute Gasteiger partial charge is 0.433 e. The number of ether oxygens (including phenoxy) is 2. The molecule has 1 aliphatic heterocycles. The molecule has 1 fully saturated rings. The molecule has 1 aliphatic rings. The predicted molar refractivity (Wildman–Crippen MR) is 135 cm³/mol. The van der Waals surface area contributed by atoms with Gasteiger partial charge < -0.3 is 20.1 Å². The van der Waals surface area contributed by atoms with Gasteiger partial charge in [-0.15, -0.1) is 0 Å². The third-order valence-electron chi connectivity index (χ3n) is 6.21. The van der Waals surface area contributed by atoms with Gasteiger partial charge in [-0.05, 0) is 36.4 Å². The highest BCUT2D eigenvalue weighted by atomic mass is 19.4. The Morgan fingerprint density at radius 3 is 2.53 bits per heavy atom. The van der Waals surface area contributed by atoms with Crippen molar-refractivity contribution in [2.75, 3.05) is 17.7 Å². The van der Waals surface area contributed by atoms with E-state index in [9.17, 15) is 22.8 Å². The molecule has 194 valence electrons. The van der Waals surface area contributed by atoms with Crippen molar-refractivity contribution in [2.24, 2.45) is 5.92 Å². The van der Waals surface area contributed by atoms with Gasteiger partial charge in [0.05, 0.1) is 30.7 Å². The first kappa shape index (κ1) is 25.1. The predicted octanol–water partition coefficient (Wildman–Crippen LogP) is 6.25. The first-order chi connectivity index (χ1) is 18.2. The highest BCUT2D eigenvalue weighted by Crippen LogP contribution is 2.40. The molecule has 0 unspecified atom stereocenters. The number of fused-ring (bicyclic) bond motifs is 1. The molecule has 7 nitrogen and oxygen atoms in total. The minimum Gasteiger partial charge on any atom is -0.496 e. The molecule has 0 spiro atoms. The second-order valence-corrected chi connectivity index (χ2v) is 8.73. The number of carbonyl (C=O) groups excluding carboxylic acids is 2. The van der Waals surface area contributed by atoms with Crippen LogP contribution in [0.5, 0.6) is 5.75 Å². The number of rotatable bonds is 6. The zero-order chi connectivity index (χ0) is 26.9. The summed E-state index contributed by atoms with van der Waals surface area (Å²) in [5, 5.41) is 6.32. The molecule has 2 atom stereocenters. The number of pyridine rings is 1. The average Bonchev–Trinajstić information content (AvgIpc) is 3.30. The van der Waals surface area contributed by atoms with Crippen LogP contribution < -0.4 is 15.4 Å². The van der Waals surface area contributed by atoms with Gasteiger partial charge in [-0.1, -0.05) is 42.5 Å². The van der Waals surface area contributed by atoms with Crippen LogP contribution in [-0.2, 0) is 20.5 Å². The topological polar surface area (TPSA) is 89.5 Å². The molecule has 0 aliphatic carbocycles. The summed E-state index contributed by atoms with van der Waals surface area (Å²) in [6, 6.07) is 21.0. The van der Waals surface area contributed by atoms with Crippen molar-refractivity contribution >= 4 is 39.8 Å². The number of anilines is 3. The molecule has 10 heteroatoms. The maximum atomic E-state index is 13.4. The Kier molecular flexibility index (Phi) is 6.62. The Hall–Kier alpha value is -4.60. The van der Waals surface area contributed by atoms with Gasteiger partial charge in [-0.3, -0.25) is 9.59 Å². The van der Waals surface area contributed by atoms with Gasteiger partial charge in [-0.25, -0.2) is 4.98 Å². The number of hydrogen-bond donors (Lipinski definition) is 2. The largest absolute Gasteiger partial charge is 0.496 e. The van der Waals surface area contributed by atoms with E-state index in [4.69, 9.17) is 9.47 Å². The molecule has 3 aromatic carbocycles. The van der Waals surface area contributed by atoms with E-state index in [2.05, 4.69) is 15.6 Å². The van der Waals surface area contributed by atoms with Gasteiger partial charge in [0.15, 0.2) is 0 Å². The van der Waals surface area contributed by atoms with Crippen molar-refractivity contribution in [2.45, 2.75) is 18.7 Å². The van der Waals surface area contributed by atoms with Crippen LogP contribution in [0.15, 0.2) is 78.9 Å². The Labute approximate surface area is 215 Å². The summed E-state index contributed by atoms with van der Waals surface area (Å²) >= 11 is 0. The van der Waals surface area contributed by atoms with Gasteiger partial charge >= 0.3 is 12.1 Å². The maximum Gasteiger partial charge on any atom is 0.433 e. The number of cyclic esters (lactones) is 1. The van der Waals surface area contributed by atoms with Crippen LogP contribution in [0.2, 0.25) is 0 Å². The Balaban J connectivity index is 1.39. The van der Waals surface area contributed by atoms with Crippen LogP contribution in [0.4, 0.5) is 30.2 Å². The zero-order valence-corrected chi connectivity index (χ0v) is 20.1. The van der Waals surface area contributed by atoms with E-state index in [-0.39, 0.29) is 17.6 Å². The first-order valence-corrected chi connectivity index (χ1v) is 11.7. The number of methoxy groups -OCH3 is 1. The van der Waals surface area contributed by atoms with Crippen LogP contribution in [-0.4, -0.2) is 24.0 Å². The van der Waals surface area contributed by atoms with E-state index >= 15 is 0 Å². The number of benzene rings is 3. The first-order valence-electron chi connectivity index (χ1n) is 11.7. The standard InChI is InChI=1S/C28H22F3N3O4/c1-37-23-12-5-3-10-19(23)26-20(14-25(35)38-26)27(36)33-17-8-6-7-16(13-17)32-22-15-24(28(29,30)31)34-21-11-4-2-9-18(21)22/h2-13,15,20,26H,14H2,1H3,(H,32,34)(H,33,36)/t20-,26+/m1/s1. The van der Waals surface area contributed by atoms with Gasteiger partial charge in [0.25, 0.3) is 0 Å². The number of alkyl halides is 3. The van der Waals surface area contributed by atoms with Gasteiger partial charge in [0.1, 0.15) is 17.5 Å². The monoisotopic (exact) mass is 521 g/mol. The second kappa shape index (κ2) is 10.0. The van der Waals surface area contributed by atoms with Crippen molar-refractivity contribution in [3.8, 4) is 5.75 Å². The van der Waals surface area contributed by atoms with E-state index in [1.165, 1.54) is 13.2 Å². The van der Waals surface area contributed by atoms with E-state index in [0.717, 1.165) is 6.07 Å². The van der Waals surface area contributed by atoms with Gasteiger partial charge in [0, 0.05) is 22.3 Å². The molecule has 0 radical (unpaired) electrons. The average molecular weight is 521 g/mol.